The lowest BCUT2D eigenvalue weighted by Gasteiger charge is -1.96. The second kappa shape index (κ2) is 4.13. The zero-order valence-corrected chi connectivity index (χ0v) is 8.76. The Hall–Kier alpha value is 0.167. The minimum atomic E-state index is 1.04. The first kappa shape index (κ1) is 8.27. The summed E-state index contributed by atoms with van der Waals surface area (Å²) in [5.41, 5.74) is 1.40. The van der Waals surface area contributed by atoms with Crippen LogP contribution in [0.5, 0.6) is 0 Å². The molecule has 10 heavy (non-hydrogen) atoms. The van der Waals surface area contributed by atoms with Gasteiger partial charge in [0.1, 0.15) is 0 Å². The van der Waals surface area contributed by atoms with E-state index in [0.29, 0.717) is 0 Å². The van der Waals surface area contributed by atoms with Crippen LogP contribution in [0.4, 0.5) is 0 Å². The number of hydrogen-bond acceptors (Lipinski definition) is 0. The van der Waals surface area contributed by atoms with Gasteiger partial charge < -0.3 is 0 Å². The maximum atomic E-state index is 3.45. The Morgan fingerprint density at radius 3 is 2.30 bits per heavy atom. The zero-order valence-electron chi connectivity index (χ0n) is 5.60. The Balaban J connectivity index is 2.69. The first-order chi connectivity index (χ1) is 4.83. The molecule has 1 rings (SSSR count). The molecule has 0 heterocycles. The van der Waals surface area contributed by atoms with E-state index in [1.165, 1.54) is 9.13 Å². The number of rotatable bonds is 2. The van der Waals surface area contributed by atoms with Gasteiger partial charge in [0.15, 0.2) is 0 Å². The zero-order chi connectivity index (χ0) is 7.40. The number of benzene rings is 1. The maximum Gasteiger partial charge on any atom is 0.0225 e. The highest BCUT2D eigenvalue weighted by atomic mass is 127. The van der Waals surface area contributed by atoms with E-state index in [9.17, 15) is 0 Å². The number of hydrogen-bond donors (Lipinski definition) is 0. The monoisotopic (exact) mass is 259 g/mol. The molecule has 0 N–H and O–H groups in total. The third-order valence-electron chi connectivity index (χ3n) is 1.33. The van der Waals surface area contributed by atoms with Gasteiger partial charge in [0.2, 0.25) is 0 Å². The van der Waals surface area contributed by atoms with Crippen molar-refractivity contribution in [2.75, 3.05) is 0 Å². The van der Waals surface area contributed by atoms with Crippen LogP contribution < -0.4 is 0 Å². The Kier molecular flexibility index (Phi) is 3.41. The van der Waals surface area contributed by atoms with Crippen molar-refractivity contribution >= 4 is 32.8 Å². The Morgan fingerprint density at radius 1 is 1.20 bits per heavy atom. The van der Waals surface area contributed by atoms with Gasteiger partial charge in [-0.15, -0.1) is 0 Å². The van der Waals surface area contributed by atoms with Crippen LogP contribution in [0.3, 0.4) is 0 Å². The SMILES string of the molecule is [Si]CCc1ccc(I)cc1. The fourth-order valence-corrected chi connectivity index (χ4v) is 1.44. The lowest BCUT2D eigenvalue weighted by molar-refractivity contribution is 1.13. The average molecular weight is 259 g/mol. The fourth-order valence-electron chi connectivity index (χ4n) is 0.795. The summed E-state index contributed by atoms with van der Waals surface area (Å²) in [7, 11) is 3.45. The molecule has 0 unspecified atom stereocenters. The molecule has 0 saturated heterocycles. The summed E-state index contributed by atoms with van der Waals surface area (Å²) in [4.78, 5) is 0. The van der Waals surface area contributed by atoms with Gasteiger partial charge in [-0.3, -0.25) is 0 Å². The molecule has 0 aliphatic rings. The van der Waals surface area contributed by atoms with Crippen molar-refractivity contribution in [1.82, 2.24) is 0 Å². The highest BCUT2D eigenvalue weighted by Crippen LogP contribution is 2.07. The summed E-state index contributed by atoms with van der Waals surface area (Å²) in [6, 6.07) is 9.65. The fraction of sp³-hybridized carbons (Fsp3) is 0.250. The van der Waals surface area contributed by atoms with Crippen LogP contribution >= 0.6 is 22.6 Å². The van der Waals surface area contributed by atoms with E-state index in [1.807, 2.05) is 0 Å². The van der Waals surface area contributed by atoms with Crippen LogP contribution in [0, 0.1) is 3.57 Å². The first-order valence-corrected chi connectivity index (χ1v) is 5.00. The summed E-state index contributed by atoms with van der Waals surface area (Å²) in [5, 5.41) is 0. The maximum absolute atomic E-state index is 3.45. The van der Waals surface area contributed by atoms with E-state index >= 15 is 0 Å². The van der Waals surface area contributed by atoms with Gasteiger partial charge in [-0.25, -0.2) is 0 Å². The van der Waals surface area contributed by atoms with Gasteiger partial charge in [0.25, 0.3) is 0 Å². The van der Waals surface area contributed by atoms with Gasteiger partial charge in [-0.2, -0.15) is 0 Å². The van der Waals surface area contributed by atoms with Gasteiger partial charge in [0, 0.05) is 13.8 Å². The van der Waals surface area contributed by atoms with Crippen LogP contribution in [0.1, 0.15) is 5.56 Å². The van der Waals surface area contributed by atoms with Crippen LogP contribution in [0.15, 0.2) is 24.3 Å². The van der Waals surface area contributed by atoms with Crippen molar-refractivity contribution in [2.24, 2.45) is 0 Å². The quantitative estimate of drug-likeness (QED) is 0.565. The van der Waals surface area contributed by atoms with Crippen LogP contribution in [-0.4, -0.2) is 10.2 Å². The molecule has 1 aromatic carbocycles. The minimum absolute atomic E-state index is 1.04. The smallest absolute Gasteiger partial charge is 0.0225 e. The summed E-state index contributed by atoms with van der Waals surface area (Å²) in [6.07, 6.45) is 1.12. The lowest BCUT2D eigenvalue weighted by atomic mass is 10.2. The van der Waals surface area contributed by atoms with E-state index in [1.54, 1.807) is 0 Å². The second-order valence-corrected chi connectivity index (χ2v) is 3.87. The van der Waals surface area contributed by atoms with Crippen molar-refractivity contribution in [1.29, 1.82) is 0 Å². The summed E-state index contributed by atoms with van der Waals surface area (Å²) < 4.78 is 1.30. The molecule has 3 radical (unpaired) electrons. The molecule has 51 valence electrons. The van der Waals surface area contributed by atoms with E-state index in [2.05, 4.69) is 57.1 Å². The molecule has 0 aliphatic heterocycles. The van der Waals surface area contributed by atoms with Crippen LogP contribution in [0.25, 0.3) is 0 Å². The lowest BCUT2D eigenvalue weighted by Crippen LogP contribution is -1.82. The molecule has 0 bridgehead atoms. The first-order valence-electron chi connectivity index (χ1n) is 3.22. The van der Waals surface area contributed by atoms with E-state index in [-0.39, 0.29) is 0 Å². The molecule has 0 spiro atoms. The highest BCUT2D eigenvalue weighted by Gasteiger charge is 1.88. The highest BCUT2D eigenvalue weighted by molar-refractivity contribution is 14.1. The van der Waals surface area contributed by atoms with Crippen LogP contribution in [-0.2, 0) is 6.42 Å². The van der Waals surface area contributed by atoms with Crippen molar-refractivity contribution in [2.45, 2.75) is 12.5 Å². The van der Waals surface area contributed by atoms with E-state index < -0.39 is 0 Å². The molecule has 0 aliphatic carbocycles. The van der Waals surface area contributed by atoms with Crippen molar-refractivity contribution in [3.8, 4) is 0 Å². The number of halogens is 1. The molecule has 0 saturated carbocycles. The Morgan fingerprint density at radius 2 is 1.80 bits per heavy atom. The van der Waals surface area contributed by atoms with Crippen LogP contribution in [0.2, 0.25) is 6.04 Å². The molecule has 0 atom stereocenters. The molecule has 0 fully saturated rings. The predicted molar refractivity (Wildman–Crippen MR) is 53.4 cm³/mol. The summed E-state index contributed by atoms with van der Waals surface area (Å²) in [5.74, 6) is 0. The number of aryl methyl sites for hydroxylation is 1. The predicted octanol–water partition coefficient (Wildman–Crippen LogP) is 2.42. The Labute approximate surface area is 78.6 Å². The molecule has 1 aromatic rings. The van der Waals surface area contributed by atoms with Gasteiger partial charge in [-0.1, -0.05) is 18.2 Å². The summed E-state index contributed by atoms with van der Waals surface area (Å²) >= 11 is 2.31. The van der Waals surface area contributed by atoms with Gasteiger partial charge >= 0.3 is 0 Å². The largest absolute Gasteiger partial charge is 0.0597 e. The third-order valence-corrected chi connectivity index (χ3v) is 2.30. The second-order valence-electron chi connectivity index (χ2n) is 2.13. The van der Waals surface area contributed by atoms with Crippen molar-refractivity contribution in [3.63, 3.8) is 0 Å². The molecule has 2 heteroatoms. The third kappa shape index (κ3) is 2.42. The van der Waals surface area contributed by atoms with E-state index in [4.69, 9.17) is 0 Å². The topological polar surface area (TPSA) is 0 Å². The van der Waals surface area contributed by atoms with Gasteiger partial charge in [-0.05, 0) is 46.7 Å². The molecule has 0 nitrogen and oxygen atoms in total. The molecular formula is C8H8ISi. The van der Waals surface area contributed by atoms with Gasteiger partial charge in [0.05, 0.1) is 0 Å². The molecule has 0 aromatic heterocycles. The standard InChI is InChI=1S/C8H8ISi/c9-8-3-1-7(2-4-8)5-6-10/h1-4H,5-6H2. The molecule has 0 amide bonds. The van der Waals surface area contributed by atoms with Crippen molar-refractivity contribution in [3.05, 3.63) is 33.4 Å². The minimum Gasteiger partial charge on any atom is -0.0597 e. The normalized spacial score (nSPS) is 9.80. The summed E-state index contributed by atoms with van der Waals surface area (Å²) in [6.45, 7) is 0. The molecular weight excluding hydrogens is 251 g/mol. The Bertz CT molecular complexity index is 193. The van der Waals surface area contributed by atoms with E-state index in [0.717, 1.165) is 12.5 Å². The van der Waals surface area contributed by atoms with Crippen molar-refractivity contribution < 1.29 is 0 Å². The average Bonchev–Trinajstić information content (AvgIpc) is 1.95.